The lowest BCUT2D eigenvalue weighted by Gasteiger charge is -2.32. The molecule has 1 unspecified atom stereocenters. The molecule has 3 heteroatoms. The molecule has 0 radical (unpaired) electrons. The maximum Gasteiger partial charge on any atom is 0.0758 e. The number of hydrogen-bond acceptors (Lipinski definition) is 2. The Bertz CT molecular complexity index is 578. The van der Waals surface area contributed by atoms with Gasteiger partial charge in [0.05, 0.1) is 5.52 Å². The lowest BCUT2D eigenvalue weighted by atomic mass is 9.80. The van der Waals surface area contributed by atoms with Crippen molar-refractivity contribution in [2.45, 2.75) is 38.8 Å². The number of halogens is 1. The van der Waals surface area contributed by atoms with E-state index in [1.165, 1.54) is 30.2 Å². The van der Waals surface area contributed by atoms with Gasteiger partial charge in [-0.1, -0.05) is 34.5 Å². The Morgan fingerprint density at radius 2 is 2.21 bits per heavy atom. The van der Waals surface area contributed by atoms with Crippen molar-refractivity contribution in [1.82, 2.24) is 10.3 Å². The second-order valence-electron chi connectivity index (χ2n) is 5.47. The fourth-order valence-corrected chi connectivity index (χ4v) is 3.17. The second kappa shape index (κ2) is 5.59. The van der Waals surface area contributed by atoms with Gasteiger partial charge in [0, 0.05) is 28.6 Å². The maximum absolute atomic E-state index is 4.53. The molecule has 1 aromatic heterocycles. The third-order valence-corrected chi connectivity index (χ3v) is 4.96. The van der Waals surface area contributed by atoms with Crippen molar-refractivity contribution in [1.29, 1.82) is 0 Å². The SMILES string of the molecule is CC(NCc1ccc(Br)c2cccnc12)C1CCC1. The summed E-state index contributed by atoms with van der Waals surface area (Å²) >= 11 is 3.59. The Hall–Kier alpha value is -0.930. The molecule has 1 fully saturated rings. The zero-order valence-corrected chi connectivity index (χ0v) is 12.8. The number of nitrogens with zero attached hydrogens (tertiary/aromatic N) is 1. The first kappa shape index (κ1) is 13.1. The van der Waals surface area contributed by atoms with Crippen LogP contribution in [0.4, 0.5) is 0 Å². The van der Waals surface area contributed by atoms with Crippen molar-refractivity contribution < 1.29 is 0 Å². The fraction of sp³-hybridized carbons (Fsp3) is 0.438. The summed E-state index contributed by atoms with van der Waals surface area (Å²) in [5.41, 5.74) is 2.38. The first-order valence-electron chi connectivity index (χ1n) is 7.01. The molecule has 1 N–H and O–H groups in total. The van der Waals surface area contributed by atoms with Gasteiger partial charge in [-0.25, -0.2) is 0 Å². The van der Waals surface area contributed by atoms with E-state index in [0.29, 0.717) is 6.04 Å². The number of rotatable bonds is 4. The van der Waals surface area contributed by atoms with Gasteiger partial charge in [0.1, 0.15) is 0 Å². The summed E-state index contributed by atoms with van der Waals surface area (Å²) in [6.45, 7) is 3.21. The van der Waals surface area contributed by atoms with Gasteiger partial charge in [-0.2, -0.15) is 0 Å². The Morgan fingerprint density at radius 3 is 2.95 bits per heavy atom. The van der Waals surface area contributed by atoms with E-state index in [2.05, 4.69) is 51.4 Å². The van der Waals surface area contributed by atoms with Gasteiger partial charge in [0.25, 0.3) is 0 Å². The minimum Gasteiger partial charge on any atom is -0.310 e. The smallest absolute Gasteiger partial charge is 0.0758 e. The van der Waals surface area contributed by atoms with Gasteiger partial charge in [-0.3, -0.25) is 4.98 Å². The summed E-state index contributed by atoms with van der Waals surface area (Å²) in [4.78, 5) is 4.53. The number of nitrogens with one attached hydrogen (secondary N) is 1. The van der Waals surface area contributed by atoms with E-state index in [-0.39, 0.29) is 0 Å². The first-order valence-corrected chi connectivity index (χ1v) is 7.80. The summed E-state index contributed by atoms with van der Waals surface area (Å²) in [6.07, 6.45) is 6.04. The van der Waals surface area contributed by atoms with Crippen molar-refractivity contribution in [3.05, 3.63) is 40.5 Å². The quantitative estimate of drug-likeness (QED) is 0.910. The van der Waals surface area contributed by atoms with Crippen molar-refractivity contribution in [3.63, 3.8) is 0 Å². The van der Waals surface area contributed by atoms with Crippen LogP contribution >= 0.6 is 15.9 Å². The Balaban J connectivity index is 1.79. The first-order chi connectivity index (χ1) is 9.25. The molecule has 2 nitrogen and oxygen atoms in total. The molecule has 1 saturated carbocycles. The van der Waals surface area contributed by atoms with Crippen molar-refractivity contribution in [2.75, 3.05) is 0 Å². The molecule has 0 amide bonds. The van der Waals surface area contributed by atoms with Crippen LogP contribution in [0.3, 0.4) is 0 Å². The molecule has 0 aliphatic heterocycles. The summed E-state index contributed by atoms with van der Waals surface area (Å²) in [6, 6.07) is 9.00. The number of aromatic nitrogens is 1. The predicted molar refractivity (Wildman–Crippen MR) is 83.1 cm³/mol. The highest BCUT2D eigenvalue weighted by Crippen LogP contribution is 2.30. The molecule has 1 aliphatic carbocycles. The molecular formula is C16H19BrN2. The molecule has 1 aromatic carbocycles. The van der Waals surface area contributed by atoms with E-state index in [4.69, 9.17) is 0 Å². The van der Waals surface area contributed by atoms with Crippen molar-refractivity contribution in [2.24, 2.45) is 5.92 Å². The summed E-state index contributed by atoms with van der Waals surface area (Å²) in [7, 11) is 0. The van der Waals surface area contributed by atoms with Crippen LogP contribution in [0.2, 0.25) is 0 Å². The topological polar surface area (TPSA) is 24.9 Å². The molecule has 19 heavy (non-hydrogen) atoms. The van der Waals surface area contributed by atoms with E-state index < -0.39 is 0 Å². The fourth-order valence-electron chi connectivity index (χ4n) is 2.72. The van der Waals surface area contributed by atoms with E-state index in [9.17, 15) is 0 Å². The van der Waals surface area contributed by atoms with Gasteiger partial charge >= 0.3 is 0 Å². The molecule has 1 heterocycles. The van der Waals surface area contributed by atoms with E-state index in [1.54, 1.807) is 0 Å². The van der Waals surface area contributed by atoms with E-state index in [0.717, 1.165) is 22.5 Å². The van der Waals surface area contributed by atoms with Crippen LogP contribution in [0.1, 0.15) is 31.7 Å². The highest BCUT2D eigenvalue weighted by molar-refractivity contribution is 9.10. The molecule has 0 bridgehead atoms. The monoisotopic (exact) mass is 318 g/mol. The minimum absolute atomic E-state index is 0.608. The summed E-state index contributed by atoms with van der Waals surface area (Å²) in [5.74, 6) is 0.870. The highest BCUT2D eigenvalue weighted by atomic mass is 79.9. The number of hydrogen-bond donors (Lipinski definition) is 1. The summed E-state index contributed by atoms with van der Waals surface area (Å²) in [5, 5.41) is 4.85. The van der Waals surface area contributed by atoms with E-state index in [1.807, 2.05) is 12.3 Å². The lowest BCUT2D eigenvalue weighted by molar-refractivity contribution is 0.240. The zero-order valence-electron chi connectivity index (χ0n) is 11.2. The van der Waals surface area contributed by atoms with E-state index >= 15 is 0 Å². The zero-order chi connectivity index (χ0) is 13.2. The third-order valence-electron chi connectivity index (χ3n) is 4.27. The van der Waals surface area contributed by atoms with Gasteiger partial charge in [0.2, 0.25) is 0 Å². The van der Waals surface area contributed by atoms with Crippen LogP contribution in [-0.2, 0) is 6.54 Å². The van der Waals surface area contributed by atoms with Gasteiger partial charge in [0.15, 0.2) is 0 Å². The van der Waals surface area contributed by atoms with Crippen molar-refractivity contribution in [3.8, 4) is 0 Å². The normalized spacial score (nSPS) is 17.4. The van der Waals surface area contributed by atoms with Gasteiger partial charge in [-0.05, 0) is 43.4 Å². The lowest BCUT2D eigenvalue weighted by Crippen LogP contribution is -2.36. The number of pyridine rings is 1. The standard InChI is InChI=1S/C16H19BrN2/c1-11(12-4-2-5-12)19-10-13-7-8-15(17)14-6-3-9-18-16(13)14/h3,6-9,11-12,19H,2,4-5,10H2,1H3. The number of fused-ring (bicyclic) bond motifs is 1. The largest absolute Gasteiger partial charge is 0.310 e. The maximum atomic E-state index is 4.53. The van der Waals surface area contributed by atoms with Crippen LogP contribution in [-0.4, -0.2) is 11.0 Å². The van der Waals surface area contributed by atoms with Crippen molar-refractivity contribution >= 4 is 26.8 Å². The minimum atomic E-state index is 0.608. The third kappa shape index (κ3) is 2.67. The molecular weight excluding hydrogens is 300 g/mol. The average Bonchev–Trinajstić information content (AvgIpc) is 2.36. The Morgan fingerprint density at radius 1 is 1.37 bits per heavy atom. The average molecular weight is 319 g/mol. The molecule has 0 saturated heterocycles. The molecule has 1 aliphatic rings. The van der Waals surface area contributed by atoms with Crippen LogP contribution in [0.5, 0.6) is 0 Å². The summed E-state index contributed by atoms with van der Waals surface area (Å²) < 4.78 is 1.12. The van der Waals surface area contributed by atoms with Crippen LogP contribution < -0.4 is 5.32 Å². The Kier molecular flexibility index (Phi) is 3.85. The molecule has 2 aromatic rings. The number of benzene rings is 1. The van der Waals surface area contributed by atoms with Crippen LogP contribution in [0, 0.1) is 5.92 Å². The predicted octanol–water partition coefficient (Wildman–Crippen LogP) is 4.28. The molecule has 100 valence electrons. The Labute approximate surface area is 122 Å². The van der Waals surface area contributed by atoms with Gasteiger partial charge in [-0.15, -0.1) is 0 Å². The van der Waals surface area contributed by atoms with Crippen LogP contribution in [0.15, 0.2) is 34.9 Å². The highest BCUT2D eigenvalue weighted by Gasteiger charge is 2.23. The molecule has 3 rings (SSSR count). The van der Waals surface area contributed by atoms with Gasteiger partial charge < -0.3 is 5.32 Å². The molecule has 1 atom stereocenters. The molecule has 0 spiro atoms. The van der Waals surface area contributed by atoms with Crippen LogP contribution in [0.25, 0.3) is 10.9 Å². The second-order valence-corrected chi connectivity index (χ2v) is 6.32.